The van der Waals surface area contributed by atoms with Gasteiger partial charge >= 0.3 is 5.97 Å². The summed E-state index contributed by atoms with van der Waals surface area (Å²) >= 11 is 0. The number of carbonyl (C=O) groups is 2. The second-order valence-corrected chi connectivity index (χ2v) is 6.61. The van der Waals surface area contributed by atoms with E-state index < -0.39 is 30.1 Å². The molecule has 150 valence electrons. The first-order valence-electron chi connectivity index (χ1n) is 8.98. The van der Waals surface area contributed by atoms with Crippen LogP contribution >= 0.6 is 0 Å². The first-order chi connectivity index (χ1) is 13.8. The molecule has 1 aromatic heterocycles. The molecule has 29 heavy (non-hydrogen) atoms. The average Bonchev–Trinajstić information content (AvgIpc) is 2.98. The van der Waals surface area contributed by atoms with Crippen LogP contribution in [0.1, 0.15) is 27.3 Å². The number of nitrogens with one attached hydrogen (secondary N) is 1. The molecule has 1 heterocycles. The van der Waals surface area contributed by atoms with Crippen LogP contribution in [0.4, 0.5) is 14.5 Å². The summed E-state index contributed by atoms with van der Waals surface area (Å²) in [7, 11) is 0. The zero-order valence-corrected chi connectivity index (χ0v) is 16.0. The molecule has 0 atom stereocenters. The molecule has 3 aromatic rings. The van der Waals surface area contributed by atoms with Crippen molar-refractivity contribution in [3.63, 3.8) is 0 Å². The van der Waals surface area contributed by atoms with Gasteiger partial charge in [-0.3, -0.25) is 4.79 Å². The van der Waals surface area contributed by atoms with E-state index in [9.17, 15) is 18.4 Å². The van der Waals surface area contributed by atoms with Gasteiger partial charge in [-0.1, -0.05) is 30.3 Å². The zero-order valence-electron chi connectivity index (χ0n) is 16.0. The van der Waals surface area contributed by atoms with Gasteiger partial charge in [0.2, 0.25) is 0 Å². The van der Waals surface area contributed by atoms with Gasteiger partial charge in [0.05, 0.1) is 11.3 Å². The van der Waals surface area contributed by atoms with Crippen LogP contribution < -0.4 is 5.32 Å². The molecule has 0 fully saturated rings. The number of aromatic nitrogens is 1. The molecule has 0 aliphatic rings. The molecule has 0 saturated heterocycles. The molecule has 1 N–H and O–H groups in total. The fourth-order valence-corrected chi connectivity index (χ4v) is 3.01. The molecule has 0 unspecified atom stereocenters. The second kappa shape index (κ2) is 8.68. The van der Waals surface area contributed by atoms with E-state index in [4.69, 9.17) is 4.74 Å². The van der Waals surface area contributed by atoms with Crippen LogP contribution in [0.5, 0.6) is 0 Å². The summed E-state index contributed by atoms with van der Waals surface area (Å²) in [6, 6.07) is 14.2. The van der Waals surface area contributed by atoms with E-state index in [0.717, 1.165) is 29.5 Å². The lowest BCUT2D eigenvalue weighted by molar-refractivity contribution is -0.119. The number of esters is 1. The Labute approximate surface area is 166 Å². The number of hydrogen-bond donors (Lipinski definition) is 1. The normalized spacial score (nSPS) is 10.6. The van der Waals surface area contributed by atoms with E-state index in [-0.39, 0.29) is 5.69 Å². The molecule has 0 bridgehead atoms. The molecule has 5 nitrogen and oxygen atoms in total. The monoisotopic (exact) mass is 398 g/mol. The van der Waals surface area contributed by atoms with E-state index in [1.165, 1.54) is 0 Å². The van der Waals surface area contributed by atoms with Gasteiger partial charge in [0.1, 0.15) is 11.6 Å². The third-order valence-corrected chi connectivity index (χ3v) is 4.51. The van der Waals surface area contributed by atoms with Gasteiger partial charge in [-0.05, 0) is 37.6 Å². The first-order valence-corrected chi connectivity index (χ1v) is 8.98. The summed E-state index contributed by atoms with van der Waals surface area (Å²) in [5.74, 6) is -2.90. The Hall–Kier alpha value is -3.48. The lowest BCUT2D eigenvalue weighted by Gasteiger charge is -2.10. The number of carbonyl (C=O) groups excluding carboxylic acids is 2. The summed E-state index contributed by atoms with van der Waals surface area (Å²) in [5.41, 5.74) is 2.72. The Bertz CT molecular complexity index is 1050. The quantitative estimate of drug-likeness (QED) is 0.633. The van der Waals surface area contributed by atoms with Crippen LogP contribution in [0.2, 0.25) is 0 Å². The summed E-state index contributed by atoms with van der Waals surface area (Å²) in [6.07, 6.45) is 0. The smallest absolute Gasteiger partial charge is 0.340 e. The van der Waals surface area contributed by atoms with Crippen LogP contribution in [-0.2, 0) is 16.1 Å². The van der Waals surface area contributed by atoms with Gasteiger partial charge in [-0.2, -0.15) is 0 Å². The van der Waals surface area contributed by atoms with Crippen LogP contribution in [0, 0.1) is 25.5 Å². The third-order valence-electron chi connectivity index (χ3n) is 4.51. The van der Waals surface area contributed by atoms with Crippen molar-refractivity contribution in [2.24, 2.45) is 0 Å². The maximum absolute atomic E-state index is 13.6. The Morgan fingerprint density at radius 2 is 1.76 bits per heavy atom. The minimum Gasteiger partial charge on any atom is -0.452 e. The van der Waals surface area contributed by atoms with Gasteiger partial charge in [0.15, 0.2) is 6.61 Å². The second-order valence-electron chi connectivity index (χ2n) is 6.61. The standard InChI is InChI=1S/C22H20F2N2O3/c1-14-10-18(15(2)26(14)12-16-6-4-3-5-7-16)22(28)29-13-21(27)25-20-11-17(23)8-9-19(20)24/h3-11H,12-13H2,1-2H3,(H,25,27). The third kappa shape index (κ3) is 4.87. The summed E-state index contributed by atoms with van der Waals surface area (Å²) < 4.78 is 33.8. The topological polar surface area (TPSA) is 60.3 Å². The molecule has 0 aliphatic carbocycles. The van der Waals surface area contributed by atoms with Gasteiger partial charge in [-0.25, -0.2) is 13.6 Å². The minimum absolute atomic E-state index is 0.313. The number of nitrogens with zero attached hydrogens (tertiary/aromatic N) is 1. The highest BCUT2D eigenvalue weighted by molar-refractivity contribution is 5.96. The number of ether oxygens (including phenoxy) is 1. The minimum atomic E-state index is -0.782. The molecule has 3 rings (SSSR count). The zero-order chi connectivity index (χ0) is 21.0. The van der Waals surface area contributed by atoms with Gasteiger partial charge in [-0.15, -0.1) is 0 Å². The van der Waals surface area contributed by atoms with Crippen molar-refractivity contribution in [3.05, 3.63) is 88.7 Å². The predicted molar refractivity (Wildman–Crippen MR) is 105 cm³/mol. The largest absolute Gasteiger partial charge is 0.452 e. The summed E-state index contributed by atoms with van der Waals surface area (Å²) in [4.78, 5) is 24.3. The Kier molecular flexibility index (Phi) is 6.07. The number of rotatable bonds is 6. The number of anilines is 1. The molecule has 0 saturated carbocycles. The molecule has 0 spiro atoms. The maximum atomic E-state index is 13.6. The van der Waals surface area contributed by atoms with Crippen LogP contribution in [-0.4, -0.2) is 23.1 Å². The summed E-state index contributed by atoms with van der Waals surface area (Å²) in [6.45, 7) is 3.67. The SMILES string of the molecule is Cc1cc(C(=O)OCC(=O)Nc2cc(F)ccc2F)c(C)n1Cc1ccccc1. The Morgan fingerprint density at radius 3 is 2.48 bits per heavy atom. The first kappa shape index (κ1) is 20.3. The van der Waals surface area contributed by atoms with E-state index in [1.54, 1.807) is 13.0 Å². The molecule has 1 amide bonds. The number of amides is 1. The number of hydrogen-bond acceptors (Lipinski definition) is 3. The summed E-state index contributed by atoms with van der Waals surface area (Å²) in [5, 5.41) is 2.19. The Balaban J connectivity index is 1.64. The fourth-order valence-electron chi connectivity index (χ4n) is 3.01. The van der Waals surface area contributed by atoms with E-state index in [0.29, 0.717) is 17.8 Å². The fraction of sp³-hybridized carbons (Fsp3) is 0.182. The van der Waals surface area contributed by atoms with Crippen molar-refractivity contribution in [1.29, 1.82) is 0 Å². The number of benzene rings is 2. The molecule has 7 heteroatoms. The van der Waals surface area contributed by atoms with Crippen molar-refractivity contribution in [2.45, 2.75) is 20.4 Å². The van der Waals surface area contributed by atoms with Gasteiger partial charge in [0.25, 0.3) is 5.91 Å². The molecule has 2 aromatic carbocycles. The van der Waals surface area contributed by atoms with Crippen molar-refractivity contribution < 1.29 is 23.1 Å². The Morgan fingerprint density at radius 1 is 1.03 bits per heavy atom. The molecular formula is C22H20F2N2O3. The van der Waals surface area contributed by atoms with Crippen molar-refractivity contribution >= 4 is 17.6 Å². The highest BCUT2D eigenvalue weighted by Crippen LogP contribution is 2.19. The van der Waals surface area contributed by atoms with Crippen molar-refractivity contribution in [1.82, 2.24) is 4.57 Å². The highest BCUT2D eigenvalue weighted by atomic mass is 19.1. The van der Waals surface area contributed by atoms with E-state index in [2.05, 4.69) is 5.32 Å². The molecular weight excluding hydrogens is 378 g/mol. The maximum Gasteiger partial charge on any atom is 0.340 e. The molecule has 0 radical (unpaired) electrons. The lowest BCUT2D eigenvalue weighted by Crippen LogP contribution is -2.21. The van der Waals surface area contributed by atoms with Gasteiger partial charge < -0.3 is 14.6 Å². The van der Waals surface area contributed by atoms with E-state index in [1.807, 2.05) is 41.8 Å². The predicted octanol–water partition coefficient (Wildman–Crippen LogP) is 4.23. The van der Waals surface area contributed by atoms with E-state index >= 15 is 0 Å². The highest BCUT2D eigenvalue weighted by Gasteiger charge is 2.18. The van der Waals surface area contributed by atoms with Crippen molar-refractivity contribution in [2.75, 3.05) is 11.9 Å². The lowest BCUT2D eigenvalue weighted by atomic mass is 10.2. The van der Waals surface area contributed by atoms with Crippen LogP contribution in [0.3, 0.4) is 0 Å². The van der Waals surface area contributed by atoms with Crippen LogP contribution in [0.25, 0.3) is 0 Å². The number of halogens is 2. The number of aryl methyl sites for hydroxylation is 1. The van der Waals surface area contributed by atoms with Crippen LogP contribution in [0.15, 0.2) is 54.6 Å². The van der Waals surface area contributed by atoms with Gasteiger partial charge in [0, 0.05) is 24.0 Å². The molecule has 0 aliphatic heterocycles. The van der Waals surface area contributed by atoms with Crippen molar-refractivity contribution in [3.8, 4) is 0 Å². The average molecular weight is 398 g/mol.